The van der Waals surface area contributed by atoms with Gasteiger partial charge >= 0.3 is 12.1 Å². The van der Waals surface area contributed by atoms with Gasteiger partial charge in [0.15, 0.2) is 0 Å². The Labute approximate surface area is 113 Å². The average Bonchev–Trinajstić information content (AvgIpc) is 2.37. The molecule has 0 bridgehead atoms. The van der Waals surface area contributed by atoms with Crippen molar-refractivity contribution in [3.05, 3.63) is 29.6 Å². The highest BCUT2D eigenvalue weighted by atomic mass is 19.4. The Morgan fingerprint density at radius 2 is 2.10 bits per heavy atom. The number of alkyl halides is 3. The zero-order valence-corrected chi connectivity index (χ0v) is 10.6. The molecule has 2 atom stereocenters. The van der Waals surface area contributed by atoms with E-state index in [9.17, 15) is 28.2 Å². The van der Waals surface area contributed by atoms with Crippen LogP contribution in [0.15, 0.2) is 18.3 Å². The lowest BCUT2D eigenvalue weighted by Crippen LogP contribution is -2.25. The number of carbonyl (C=O) groups excluding carboxylic acids is 1. The summed E-state index contributed by atoms with van der Waals surface area (Å²) >= 11 is 0. The first-order chi connectivity index (χ1) is 9.27. The van der Waals surface area contributed by atoms with Gasteiger partial charge in [-0.1, -0.05) is 6.07 Å². The maximum atomic E-state index is 12.7. The monoisotopic (exact) mass is 293 g/mol. The lowest BCUT2D eigenvalue weighted by Gasteiger charge is -2.20. The minimum atomic E-state index is -4.76. The van der Waals surface area contributed by atoms with Crippen LogP contribution in [0, 0.1) is 0 Å². The van der Waals surface area contributed by atoms with Crippen molar-refractivity contribution < 1.29 is 32.9 Å². The van der Waals surface area contributed by atoms with E-state index in [4.69, 9.17) is 0 Å². The van der Waals surface area contributed by atoms with Gasteiger partial charge < -0.3 is 14.9 Å². The van der Waals surface area contributed by atoms with Gasteiger partial charge in [-0.3, -0.25) is 9.78 Å². The average molecular weight is 293 g/mol. The number of esters is 1. The predicted molar refractivity (Wildman–Crippen MR) is 61.5 cm³/mol. The van der Waals surface area contributed by atoms with Crippen molar-refractivity contribution in [2.75, 3.05) is 6.61 Å². The van der Waals surface area contributed by atoms with Crippen LogP contribution in [0.2, 0.25) is 0 Å². The van der Waals surface area contributed by atoms with Crippen molar-refractivity contribution in [2.24, 2.45) is 0 Å². The maximum absolute atomic E-state index is 12.7. The van der Waals surface area contributed by atoms with Gasteiger partial charge in [-0.2, -0.15) is 13.2 Å². The van der Waals surface area contributed by atoms with E-state index in [0.29, 0.717) is 0 Å². The zero-order valence-electron chi connectivity index (χ0n) is 10.6. The Morgan fingerprint density at radius 1 is 1.45 bits per heavy atom. The van der Waals surface area contributed by atoms with Crippen LogP contribution in [0.25, 0.3) is 0 Å². The van der Waals surface area contributed by atoms with Crippen LogP contribution in [0.5, 0.6) is 0 Å². The standard InChI is InChI=1S/C12H14F3NO4/c1-2-20-9(18)6-8(17)10(19)7-4-3-5-16-11(7)12(13,14)15/h3-5,8,10,17,19H,2,6H2,1H3. The van der Waals surface area contributed by atoms with Gasteiger partial charge in [0, 0.05) is 11.8 Å². The van der Waals surface area contributed by atoms with E-state index in [1.165, 1.54) is 6.07 Å². The summed E-state index contributed by atoms with van der Waals surface area (Å²) in [5.74, 6) is -0.809. The highest BCUT2D eigenvalue weighted by molar-refractivity contribution is 5.70. The third kappa shape index (κ3) is 4.17. The predicted octanol–water partition coefficient (Wildman–Crippen LogP) is 1.45. The number of ether oxygens (including phenoxy) is 1. The summed E-state index contributed by atoms with van der Waals surface area (Å²) in [5, 5.41) is 19.4. The van der Waals surface area contributed by atoms with Gasteiger partial charge in [0.25, 0.3) is 0 Å². The van der Waals surface area contributed by atoms with Gasteiger partial charge in [0.1, 0.15) is 11.8 Å². The molecule has 0 aliphatic heterocycles. The van der Waals surface area contributed by atoms with Crippen molar-refractivity contribution in [3.8, 4) is 0 Å². The molecule has 0 saturated carbocycles. The number of hydrogen-bond acceptors (Lipinski definition) is 5. The highest BCUT2D eigenvalue weighted by Crippen LogP contribution is 2.34. The van der Waals surface area contributed by atoms with Crippen LogP contribution >= 0.6 is 0 Å². The van der Waals surface area contributed by atoms with E-state index in [1.54, 1.807) is 6.92 Å². The third-order valence-electron chi connectivity index (χ3n) is 2.47. The molecule has 0 amide bonds. The molecule has 0 aliphatic rings. The number of hydrogen-bond donors (Lipinski definition) is 2. The molecular formula is C12H14F3NO4. The summed E-state index contributed by atoms with van der Waals surface area (Å²) in [7, 11) is 0. The molecule has 0 saturated heterocycles. The summed E-state index contributed by atoms with van der Waals surface area (Å²) in [6, 6.07) is 2.19. The summed E-state index contributed by atoms with van der Waals surface area (Å²) in [4.78, 5) is 14.3. The number of aliphatic hydroxyl groups is 2. The molecule has 2 N–H and O–H groups in total. The molecular weight excluding hydrogens is 279 g/mol. The number of aromatic nitrogens is 1. The molecule has 0 fully saturated rings. The van der Waals surface area contributed by atoms with Crippen molar-refractivity contribution in [1.82, 2.24) is 4.98 Å². The Balaban J connectivity index is 2.92. The molecule has 5 nitrogen and oxygen atoms in total. The van der Waals surface area contributed by atoms with E-state index in [-0.39, 0.29) is 6.61 Å². The fourth-order valence-corrected chi connectivity index (χ4v) is 1.60. The number of halogens is 3. The Kier molecular flexibility index (Phi) is 5.46. The van der Waals surface area contributed by atoms with Crippen molar-refractivity contribution in [1.29, 1.82) is 0 Å². The van der Waals surface area contributed by atoms with Crippen LogP contribution in [-0.4, -0.2) is 33.9 Å². The normalized spacial score (nSPS) is 14.7. The van der Waals surface area contributed by atoms with Crippen LogP contribution in [0.4, 0.5) is 13.2 Å². The molecule has 1 aromatic heterocycles. The molecule has 2 unspecified atom stereocenters. The molecule has 1 heterocycles. The van der Waals surface area contributed by atoms with E-state index >= 15 is 0 Å². The van der Waals surface area contributed by atoms with Gasteiger partial charge in [0.2, 0.25) is 0 Å². The van der Waals surface area contributed by atoms with Crippen LogP contribution in [0.3, 0.4) is 0 Å². The Bertz CT molecular complexity index is 464. The summed E-state index contributed by atoms with van der Waals surface area (Å²) in [5.41, 5.74) is -1.88. The SMILES string of the molecule is CCOC(=O)CC(O)C(O)c1cccnc1C(F)(F)F. The smallest absolute Gasteiger partial charge is 0.433 e. The largest absolute Gasteiger partial charge is 0.466 e. The van der Waals surface area contributed by atoms with E-state index in [2.05, 4.69) is 9.72 Å². The molecule has 0 radical (unpaired) electrons. The van der Waals surface area contributed by atoms with Gasteiger partial charge in [0.05, 0.1) is 19.1 Å². The number of rotatable bonds is 5. The maximum Gasteiger partial charge on any atom is 0.433 e. The minimum absolute atomic E-state index is 0.0718. The third-order valence-corrected chi connectivity index (χ3v) is 2.47. The topological polar surface area (TPSA) is 79.7 Å². The van der Waals surface area contributed by atoms with Gasteiger partial charge in [-0.25, -0.2) is 0 Å². The molecule has 8 heteroatoms. The first kappa shape index (κ1) is 16.4. The molecule has 0 aliphatic carbocycles. The number of carbonyl (C=O) groups is 1. The molecule has 1 rings (SSSR count). The van der Waals surface area contributed by atoms with Gasteiger partial charge in [-0.05, 0) is 13.0 Å². The van der Waals surface area contributed by atoms with Crippen molar-refractivity contribution in [2.45, 2.75) is 31.7 Å². The second kappa shape index (κ2) is 6.67. The molecule has 1 aromatic rings. The second-order valence-corrected chi connectivity index (χ2v) is 3.96. The lowest BCUT2D eigenvalue weighted by atomic mass is 10.0. The zero-order chi connectivity index (χ0) is 15.3. The molecule has 112 valence electrons. The van der Waals surface area contributed by atoms with Crippen LogP contribution < -0.4 is 0 Å². The second-order valence-electron chi connectivity index (χ2n) is 3.96. The fraction of sp³-hybridized carbons (Fsp3) is 0.500. The summed E-state index contributed by atoms with van der Waals surface area (Å²) in [6.45, 7) is 1.62. The van der Waals surface area contributed by atoms with E-state index in [1.807, 2.05) is 0 Å². The number of pyridine rings is 1. The van der Waals surface area contributed by atoms with Crippen LogP contribution in [0.1, 0.15) is 30.7 Å². The van der Waals surface area contributed by atoms with Crippen molar-refractivity contribution >= 4 is 5.97 Å². The Morgan fingerprint density at radius 3 is 2.65 bits per heavy atom. The van der Waals surface area contributed by atoms with E-state index < -0.39 is 42.0 Å². The highest BCUT2D eigenvalue weighted by Gasteiger charge is 2.38. The molecule has 0 spiro atoms. The van der Waals surface area contributed by atoms with E-state index in [0.717, 1.165) is 12.3 Å². The summed E-state index contributed by atoms with van der Waals surface area (Å²) in [6.07, 6.45) is -8.04. The number of aliphatic hydroxyl groups excluding tert-OH is 2. The molecule has 20 heavy (non-hydrogen) atoms. The van der Waals surface area contributed by atoms with Gasteiger partial charge in [-0.15, -0.1) is 0 Å². The lowest BCUT2D eigenvalue weighted by molar-refractivity contribution is -0.148. The van der Waals surface area contributed by atoms with Crippen molar-refractivity contribution in [3.63, 3.8) is 0 Å². The summed E-state index contributed by atoms with van der Waals surface area (Å²) < 4.78 is 42.7. The quantitative estimate of drug-likeness (QED) is 0.803. The minimum Gasteiger partial charge on any atom is -0.466 e. The van der Waals surface area contributed by atoms with Crippen LogP contribution in [-0.2, 0) is 15.7 Å². The Hall–Kier alpha value is -1.67. The number of nitrogens with zero attached hydrogens (tertiary/aromatic N) is 1. The first-order valence-electron chi connectivity index (χ1n) is 5.81. The first-order valence-corrected chi connectivity index (χ1v) is 5.81. The molecule has 0 aromatic carbocycles. The fourth-order valence-electron chi connectivity index (χ4n) is 1.60.